The van der Waals surface area contributed by atoms with Gasteiger partial charge in [-0.3, -0.25) is 4.79 Å². The van der Waals surface area contributed by atoms with Gasteiger partial charge in [0.2, 0.25) is 0 Å². The number of nitrogens with one attached hydrogen (secondary N) is 1. The summed E-state index contributed by atoms with van der Waals surface area (Å²) in [5.41, 5.74) is 7.90. The molecule has 4 heteroatoms. The molecule has 18 heavy (non-hydrogen) atoms. The van der Waals surface area contributed by atoms with Crippen LogP contribution in [0.2, 0.25) is 0 Å². The number of amides is 1. The van der Waals surface area contributed by atoms with Crippen LogP contribution in [0, 0.1) is 6.92 Å². The summed E-state index contributed by atoms with van der Waals surface area (Å²) in [6.45, 7) is 7.83. The van der Waals surface area contributed by atoms with Crippen LogP contribution in [-0.2, 0) is 4.79 Å². The molecule has 0 radical (unpaired) electrons. The van der Waals surface area contributed by atoms with E-state index >= 15 is 0 Å². The van der Waals surface area contributed by atoms with Crippen molar-refractivity contribution in [3.05, 3.63) is 42.0 Å². The van der Waals surface area contributed by atoms with Gasteiger partial charge in [0.1, 0.15) is 5.75 Å². The minimum Gasteiger partial charge on any atom is -0.483 e. The summed E-state index contributed by atoms with van der Waals surface area (Å²) >= 11 is 0. The highest BCUT2D eigenvalue weighted by Gasteiger charge is 2.10. The van der Waals surface area contributed by atoms with E-state index in [0.717, 1.165) is 11.1 Å². The smallest absolute Gasteiger partial charge is 0.258 e. The second kappa shape index (κ2) is 6.81. The first-order chi connectivity index (χ1) is 8.54. The third-order valence-corrected chi connectivity index (χ3v) is 2.46. The Bertz CT molecular complexity index is 428. The minimum atomic E-state index is -0.175. The zero-order chi connectivity index (χ0) is 13.5. The highest BCUT2D eigenvalue weighted by molar-refractivity contribution is 5.77. The van der Waals surface area contributed by atoms with Gasteiger partial charge in [0.05, 0.1) is 0 Å². The van der Waals surface area contributed by atoms with Crippen molar-refractivity contribution in [1.29, 1.82) is 0 Å². The second-order valence-electron chi connectivity index (χ2n) is 4.21. The Kier molecular flexibility index (Phi) is 5.39. The van der Waals surface area contributed by atoms with Crippen LogP contribution in [0.1, 0.15) is 24.1 Å². The number of carbonyl (C=O) groups is 1. The normalized spacial score (nSPS) is 11.7. The molecule has 1 aromatic carbocycles. The van der Waals surface area contributed by atoms with Gasteiger partial charge in [0.25, 0.3) is 5.91 Å². The Hall–Kier alpha value is -1.81. The molecule has 4 nitrogen and oxygen atoms in total. The molecule has 0 saturated heterocycles. The number of benzene rings is 1. The average Bonchev–Trinajstić information content (AvgIpc) is 2.34. The molecule has 3 N–H and O–H groups in total. The van der Waals surface area contributed by atoms with E-state index in [-0.39, 0.29) is 18.6 Å². The highest BCUT2D eigenvalue weighted by Crippen LogP contribution is 2.24. The first-order valence-corrected chi connectivity index (χ1v) is 5.91. The summed E-state index contributed by atoms with van der Waals surface area (Å²) in [6.07, 6.45) is 1.62. The van der Waals surface area contributed by atoms with Crippen LogP contribution < -0.4 is 15.8 Å². The molecule has 1 unspecified atom stereocenters. The maximum atomic E-state index is 11.4. The number of rotatable bonds is 6. The summed E-state index contributed by atoms with van der Waals surface area (Å²) in [7, 11) is 0. The molecule has 0 spiro atoms. The largest absolute Gasteiger partial charge is 0.483 e. The molecule has 98 valence electrons. The number of ether oxygens (including phenoxy) is 1. The maximum Gasteiger partial charge on any atom is 0.258 e. The molecule has 0 aliphatic rings. The van der Waals surface area contributed by atoms with Gasteiger partial charge < -0.3 is 15.8 Å². The van der Waals surface area contributed by atoms with Gasteiger partial charge in [0.15, 0.2) is 6.61 Å². The summed E-state index contributed by atoms with van der Waals surface area (Å²) in [5, 5.41) is 2.65. The van der Waals surface area contributed by atoms with E-state index in [1.165, 1.54) is 0 Å². The Morgan fingerprint density at radius 3 is 2.94 bits per heavy atom. The molecule has 0 aromatic heterocycles. The van der Waals surface area contributed by atoms with E-state index in [1.54, 1.807) is 6.08 Å². The van der Waals surface area contributed by atoms with Crippen molar-refractivity contribution in [1.82, 2.24) is 5.32 Å². The number of aryl methyl sites for hydroxylation is 1. The van der Waals surface area contributed by atoms with Crippen molar-refractivity contribution in [3.63, 3.8) is 0 Å². The van der Waals surface area contributed by atoms with E-state index in [0.29, 0.717) is 12.3 Å². The quantitative estimate of drug-likeness (QED) is 0.753. The molecule has 0 aliphatic heterocycles. The zero-order valence-corrected chi connectivity index (χ0v) is 10.9. The molecule has 0 aliphatic carbocycles. The van der Waals surface area contributed by atoms with Crippen LogP contribution >= 0.6 is 0 Å². The minimum absolute atomic E-state index is 0.0172. The molecular weight excluding hydrogens is 228 g/mol. The van der Waals surface area contributed by atoms with Gasteiger partial charge in [-0.1, -0.05) is 23.8 Å². The van der Waals surface area contributed by atoms with Gasteiger partial charge in [-0.15, -0.1) is 6.58 Å². The molecule has 0 bridgehead atoms. The Morgan fingerprint density at radius 1 is 1.61 bits per heavy atom. The van der Waals surface area contributed by atoms with E-state index in [1.807, 2.05) is 32.0 Å². The lowest BCUT2D eigenvalue weighted by atomic mass is 10.1. The predicted octanol–water partition coefficient (Wildman–Crippen LogP) is 1.70. The molecular formula is C14H20N2O2. The number of carbonyl (C=O) groups excluding carboxylic acids is 1. The Morgan fingerprint density at radius 2 is 2.33 bits per heavy atom. The van der Waals surface area contributed by atoms with Crippen LogP contribution in [-0.4, -0.2) is 19.1 Å². The van der Waals surface area contributed by atoms with E-state index in [4.69, 9.17) is 10.5 Å². The van der Waals surface area contributed by atoms with Gasteiger partial charge in [-0.25, -0.2) is 0 Å². The number of hydrogen-bond donors (Lipinski definition) is 2. The monoisotopic (exact) mass is 248 g/mol. The standard InChI is InChI=1S/C14H20N2O2/c1-4-7-16-14(17)9-18-13-6-5-10(2)8-12(13)11(3)15/h4-6,8,11H,1,7,9,15H2,2-3H3,(H,16,17). The number of nitrogens with two attached hydrogens (primary N) is 1. The van der Waals surface area contributed by atoms with Gasteiger partial charge in [-0.2, -0.15) is 0 Å². The van der Waals surface area contributed by atoms with Crippen molar-refractivity contribution in [2.45, 2.75) is 19.9 Å². The SMILES string of the molecule is C=CCNC(=O)COc1ccc(C)cc1C(C)N. The van der Waals surface area contributed by atoms with E-state index < -0.39 is 0 Å². The maximum absolute atomic E-state index is 11.4. The topological polar surface area (TPSA) is 64.3 Å². The fraction of sp³-hybridized carbons (Fsp3) is 0.357. The molecule has 1 rings (SSSR count). The number of hydrogen-bond acceptors (Lipinski definition) is 3. The van der Waals surface area contributed by atoms with Crippen molar-refractivity contribution in [2.75, 3.05) is 13.2 Å². The van der Waals surface area contributed by atoms with Crippen molar-refractivity contribution >= 4 is 5.91 Å². The summed E-state index contributed by atoms with van der Waals surface area (Å²) in [5.74, 6) is 0.482. The molecule has 0 saturated carbocycles. The summed E-state index contributed by atoms with van der Waals surface area (Å²) < 4.78 is 5.49. The molecule has 1 atom stereocenters. The van der Waals surface area contributed by atoms with Crippen LogP contribution in [0.4, 0.5) is 0 Å². The summed E-state index contributed by atoms with van der Waals surface area (Å²) in [4.78, 5) is 11.4. The Labute approximate surface area is 108 Å². The molecule has 0 heterocycles. The van der Waals surface area contributed by atoms with Crippen LogP contribution in [0.25, 0.3) is 0 Å². The molecule has 1 amide bonds. The van der Waals surface area contributed by atoms with Crippen LogP contribution in [0.15, 0.2) is 30.9 Å². The van der Waals surface area contributed by atoms with Crippen molar-refractivity contribution in [3.8, 4) is 5.75 Å². The second-order valence-corrected chi connectivity index (χ2v) is 4.21. The molecule has 0 fully saturated rings. The fourth-order valence-corrected chi connectivity index (χ4v) is 1.54. The summed E-state index contributed by atoms with van der Waals surface area (Å²) in [6, 6.07) is 5.62. The lowest BCUT2D eigenvalue weighted by Crippen LogP contribution is -2.29. The van der Waals surface area contributed by atoms with Crippen LogP contribution in [0.5, 0.6) is 5.75 Å². The van der Waals surface area contributed by atoms with Gasteiger partial charge >= 0.3 is 0 Å². The van der Waals surface area contributed by atoms with Crippen molar-refractivity contribution in [2.24, 2.45) is 5.73 Å². The third kappa shape index (κ3) is 4.22. The zero-order valence-electron chi connectivity index (χ0n) is 10.9. The first-order valence-electron chi connectivity index (χ1n) is 5.91. The fourth-order valence-electron chi connectivity index (χ4n) is 1.54. The van der Waals surface area contributed by atoms with Crippen LogP contribution in [0.3, 0.4) is 0 Å². The van der Waals surface area contributed by atoms with Crippen molar-refractivity contribution < 1.29 is 9.53 Å². The molecule has 1 aromatic rings. The van der Waals surface area contributed by atoms with E-state index in [2.05, 4.69) is 11.9 Å². The predicted molar refractivity (Wildman–Crippen MR) is 72.5 cm³/mol. The Balaban J connectivity index is 2.66. The van der Waals surface area contributed by atoms with Gasteiger partial charge in [0, 0.05) is 18.2 Å². The lowest BCUT2D eigenvalue weighted by Gasteiger charge is -2.14. The van der Waals surface area contributed by atoms with Gasteiger partial charge in [-0.05, 0) is 19.9 Å². The lowest BCUT2D eigenvalue weighted by molar-refractivity contribution is -0.122. The third-order valence-electron chi connectivity index (χ3n) is 2.46. The van der Waals surface area contributed by atoms with E-state index in [9.17, 15) is 4.79 Å². The highest BCUT2D eigenvalue weighted by atomic mass is 16.5. The average molecular weight is 248 g/mol. The first kappa shape index (κ1) is 14.3.